The lowest BCUT2D eigenvalue weighted by molar-refractivity contribution is 0.102. The van der Waals surface area contributed by atoms with Crippen molar-refractivity contribution in [3.05, 3.63) is 58.3 Å². The lowest BCUT2D eigenvalue weighted by atomic mass is 9.82. The summed E-state index contributed by atoms with van der Waals surface area (Å²) in [6.45, 7) is 1.77. The van der Waals surface area contributed by atoms with Crippen LogP contribution >= 0.6 is 0 Å². The molecule has 168 valence electrons. The second kappa shape index (κ2) is 8.76. The minimum Gasteiger partial charge on any atom is -0.335 e. The minimum atomic E-state index is -0.260. The van der Waals surface area contributed by atoms with Crippen molar-refractivity contribution >= 4 is 17.6 Å². The largest absolute Gasteiger partial charge is 0.335 e. The molecule has 8 nitrogen and oxygen atoms in total. The van der Waals surface area contributed by atoms with Gasteiger partial charge in [-0.3, -0.25) is 14.6 Å². The Balaban J connectivity index is 1.37. The summed E-state index contributed by atoms with van der Waals surface area (Å²) in [7, 11) is 0. The first kappa shape index (κ1) is 20.7. The summed E-state index contributed by atoms with van der Waals surface area (Å²) in [5.74, 6) is -0.0117. The maximum Gasteiger partial charge on any atom is 0.317 e. The zero-order valence-electron chi connectivity index (χ0n) is 18.1. The van der Waals surface area contributed by atoms with E-state index >= 15 is 0 Å². The molecule has 0 spiro atoms. The van der Waals surface area contributed by atoms with Crippen molar-refractivity contribution < 1.29 is 9.59 Å². The molecule has 5 rings (SSSR count). The average Bonchev–Trinajstić information content (AvgIpc) is 2.82. The quantitative estimate of drug-likeness (QED) is 0.775. The van der Waals surface area contributed by atoms with E-state index in [1.54, 1.807) is 29.0 Å². The molecule has 0 unspecified atom stereocenters. The van der Waals surface area contributed by atoms with Gasteiger partial charge in [-0.05, 0) is 43.4 Å². The number of likely N-dealkylation sites (tertiary alicyclic amines) is 1. The number of carbonyl (C=O) groups is 2. The van der Waals surface area contributed by atoms with Crippen molar-refractivity contribution in [3.63, 3.8) is 0 Å². The topological polar surface area (TPSA) is 96.3 Å². The molecule has 2 fully saturated rings. The predicted molar refractivity (Wildman–Crippen MR) is 121 cm³/mol. The fourth-order valence-corrected chi connectivity index (χ4v) is 5.49. The van der Waals surface area contributed by atoms with Gasteiger partial charge in [-0.25, -0.2) is 4.79 Å². The number of piperidine rings is 1. The fraction of sp³-hybridized carbons (Fsp3) is 0.500. The molecule has 1 saturated heterocycles. The number of carbonyl (C=O) groups excluding carboxylic acids is 2. The van der Waals surface area contributed by atoms with Gasteiger partial charge in [-0.1, -0.05) is 19.3 Å². The van der Waals surface area contributed by atoms with Crippen LogP contribution < -0.4 is 16.2 Å². The third-order valence-electron chi connectivity index (χ3n) is 6.98. The number of hydrogen-bond acceptors (Lipinski definition) is 4. The summed E-state index contributed by atoms with van der Waals surface area (Å²) in [5.41, 5.74) is 1.86. The molecule has 3 amide bonds. The highest BCUT2D eigenvalue weighted by molar-refractivity contribution is 6.04. The van der Waals surface area contributed by atoms with E-state index in [2.05, 4.69) is 15.6 Å². The van der Waals surface area contributed by atoms with Crippen molar-refractivity contribution in [2.45, 2.75) is 57.0 Å². The molecule has 2 atom stereocenters. The van der Waals surface area contributed by atoms with Crippen LogP contribution in [0.2, 0.25) is 0 Å². The molecule has 2 N–H and O–H groups in total. The minimum absolute atomic E-state index is 0.000673. The van der Waals surface area contributed by atoms with Gasteiger partial charge >= 0.3 is 6.03 Å². The van der Waals surface area contributed by atoms with Crippen molar-refractivity contribution in [1.29, 1.82) is 0 Å². The first-order valence-electron chi connectivity index (χ1n) is 11.6. The second-order valence-electron chi connectivity index (χ2n) is 9.26. The van der Waals surface area contributed by atoms with Gasteiger partial charge in [0.15, 0.2) is 0 Å². The van der Waals surface area contributed by atoms with Gasteiger partial charge in [0, 0.05) is 55.7 Å². The SMILES string of the molecule is O=C(Nc1ccc(=O)n2c1[C@H]1C[C@@H](CN(C(=O)NC3CCCCC3)C1)C2)c1cccnc1. The van der Waals surface area contributed by atoms with Crippen LogP contribution in [0.3, 0.4) is 0 Å². The van der Waals surface area contributed by atoms with Crippen LogP contribution in [0.5, 0.6) is 0 Å². The van der Waals surface area contributed by atoms with Crippen LogP contribution in [-0.2, 0) is 6.54 Å². The summed E-state index contributed by atoms with van der Waals surface area (Å²) in [4.78, 5) is 44.3. The maximum absolute atomic E-state index is 13.0. The van der Waals surface area contributed by atoms with Gasteiger partial charge in [0.05, 0.1) is 11.3 Å². The lowest BCUT2D eigenvalue weighted by Crippen LogP contribution is -2.53. The molecule has 0 radical (unpaired) electrons. The number of amides is 3. The molecular weight excluding hydrogens is 406 g/mol. The Morgan fingerprint density at radius 2 is 1.88 bits per heavy atom. The summed E-state index contributed by atoms with van der Waals surface area (Å²) in [6, 6.07) is 6.88. The standard InChI is InChI=1S/C24H29N5O3/c30-21-9-8-20(27-23(31)17-5-4-10-25-12-17)22-18-11-16(14-29(21)22)13-28(15-18)24(32)26-19-6-2-1-3-7-19/h4-5,8-10,12,16,18-19H,1-3,6-7,11,13-15H2,(H,26,32)(H,27,31)/t16-,18-/m0/s1. The molecule has 32 heavy (non-hydrogen) atoms. The molecule has 2 aromatic rings. The van der Waals surface area contributed by atoms with Crippen LogP contribution in [0, 0.1) is 5.92 Å². The highest BCUT2D eigenvalue weighted by Gasteiger charge is 2.38. The van der Waals surface area contributed by atoms with Crippen LogP contribution in [0.25, 0.3) is 0 Å². The highest BCUT2D eigenvalue weighted by Crippen LogP contribution is 2.38. The Kier molecular flexibility index (Phi) is 5.68. The lowest BCUT2D eigenvalue weighted by Gasteiger charge is -2.43. The Hall–Kier alpha value is -3.16. The Morgan fingerprint density at radius 3 is 2.66 bits per heavy atom. The van der Waals surface area contributed by atoms with E-state index in [-0.39, 0.29) is 35.4 Å². The molecule has 3 aliphatic rings. The normalized spacial score (nSPS) is 22.7. The van der Waals surface area contributed by atoms with E-state index in [0.717, 1.165) is 25.0 Å². The van der Waals surface area contributed by atoms with Crippen LogP contribution in [0.1, 0.15) is 60.5 Å². The van der Waals surface area contributed by atoms with Gasteiger partial charge in [-0.15, -0.1) is 0 Å². The van der Waals surface area contributed by atoms with Gasteiger partial charge in [-0.2, -0.15) is 0 Å². The Labute approximate surface area is 187 Å². The first-order valence-corrected chi connectivity index (χ1v) is 11.6. The van der Waals surface area contributed by atoms with E-state index in [1.165, 1.54) is 31.5 Å². The fourth-order valence-electron chi connectivity index (χ4n) is 5.49. The molecular formula is C24H29N5O3. The van der Waals surface area contributed by atoms with Crippen LogP contribution in [0.15, 0.2) is 41.5 Å². The van der Waals surface area contributed by atoms with Crippen LogP contribution in [-0.4, -0.2) is 45.5 Å². The summed E-state index contributed by atoms with van der Waals surface area (Å²) >= 11 is 0. The molecule has 4 heterocycles. The summed E-state index contributed by atoms with van der Waals surface area (Å²) in [5, 5.41) is 6.19. The molecule has 2 aromatic heterocycles. The second-order valence-corrected chi connectivity index (χ2v) is 9.26. The number of nitrogens with one attached hydrogen (secondary N) is 2. The molecule has 2 aliphatic heterocycles. The number of aromatic nitrogens is 2. The van der Waals surface area contributed by atoms with E-state index in [9.17, 15) is 14.4 Å². The molecule has 1 aliphatic carbocycles. The molecule has 8 heteroatoms. The van der Waals surface area contributed by atoms with E-state index in [4.69, 9.17) is 0 Å². The molecule has 1 saturated carbocycles. The number of nitrogens with zero attached hydrogens (tertiary/aromatic N) is 3. The van der Waals surface area contributed by atoms with Crippen molar-refractivity contribution in [3.8, 4) is 0 Å². The maximum atomic E-state index is 13.0. The summed E-state index contributed by atoms with van der Waals surface area (Å²) in [6.07, 6.45) is 9.75. The molecule has 0 aromatic carbocycles. The summed E-state index contributed by atoms with van der Waals surface area (Å²) < 4.78 is 1.79. The van der Waals surface area contributed by atoms with Crippen LogP contribution in [0.4, 0.5) is 10.5 Å². The van der Waals surface area contributed by atoms with Crippen molar-refractivity contribution in [2.24, 2.45) is 5.92 Å². The van der Waals surface area contributed by atoms with Gasteiger partial charge in [0.2, 0.25) is 0 Å². The number of hydrogen-bond donors (Lipinski definition) is 2. The number of anilines is 1. The van der Waals surface area contributed by atoms with Gasteiger partial charge < -0.3 is 20.1 Å². The van der Waals surface area contributed by atoms with E-state index in [1.807, 2.05) is 4.90 Å². The third-order valence-corrected chi connectivity index (χ3v) is 6.98. The monoisotopic (exact) mass is 435 g/mol. The Bertz CT molecular complexity index is 1060. The Morgan fingerprint density at radius 1 is 1.03 bits per heavy atom. The first-order chi connectivity index (χ1) is 15.6. The van der Waals surface area contributed by atoms with Gasteiger partial charge in [0.1, 0.15) is 0 Å². The zero-order chi connectivity index (χ0) is 22.1. The van der Waals surface area contributed by atoms with Crippen molar-refractivity contribution in [2.75, 3.05) is 18.4 Å². The van der Waals surface area contributed by atoms with Crippen molar-refractivity contribution in [1.82, 2.24) is 19.8 Å². The van der Waals surface area contributed by atoms with E-state index in [0.29, 0.717) is 30.9 Å². The number of urea groups is 1. The smallest absolute Gasteiger partial charge is 0.317 e. The van der Waals surface area contributed by atoms with Gasteiger partial charge in [0.25, 0.3) is 11.5 Å². The average molecular weight is 436 g/mol. The highest BCUT2D eigenvalue weighted by atomic mass is 16.2. The zero-order valence-corrected chi connectivity index (χ0v) is 18.1. The number of pyridine rings is 2. The number of fused-ring (bicyclic) bond motifs is 4. The van der Waals surface area contributed by atoms with E-state index < -0.39 is 0 Å². The molecule has 2 bridgehead atoms. The predicted octanol–water partition coefficient (Wildman–Crippen LogP) is 2.96. The number of rotatable bonds is 3. The third kappa shape index (κ3) is 4.13.